The fraction of sp³-hybridized carbons (Fsp3) is 0.400. The van der Waals surface area contributed by atoms with E-state index in [0.29, 0.717) is 5.75 Å². The third-order valence-corrected chi connectivity index (χ3v) is 1.67. The number of rotatable bonds is 4. The predicted octanol–water partition coefficient (Wildman–Crippen LogP) is 1.07. The smallest absolute Gasteiger partial charge is 0.199 e. The van der Waals surface area contributed by atoms with Gasteiger partial charge < -0.3 is 14.9 Å². The zero-order chi connectivity index (χ0) is 9.68. The molecule has 0 aliphatic carbocycles. The molecule has 0 bridgehead atoms. The number of hydrogen-bond acceptors (Lipinski definition) is 3. The molecule has 0 heterocycles. The molecule has 3 nitrogen and oxygen atoms in total. The van der Waals surface area contributed by atoms with Crippen molar-refractivity contribution in [1.29, 1.82) is 0 Å². The van der Waals surface area contributed by atoms with Crippen LogP contribution in [0.25, 0.3) is 0 Å². The Hall–Kier alpha value is -1.06. The molecule has 1 rings (SSSR count). The second-order valence-electron chi connectivity index (χ2n) is 2.90. The minimum absolute atomic E-state index is 0.0764. The second kappa shape index (κ2) is 4.84. The van der Waals surface area contributed by atoms with Crippen LogP contribution in [0.4, 0.5) is 0 Å². The van der Waals surface area contributed by atoms with Gasteiger partial charge in [-0.2, -0.15) is 0 Å². The maximum Gasteiger partial charge on any atom is 0.199 e. The van der Waals surface area contributed by atoms with Crippen LogP contribution in [-0.4, -0.2) is 23.1 Å². The Bertz CT molecular complexity index is 243. The first-order chi connectivity index (χ1) is 6.22. The van der Waals surface area contributed by atoms with E-state index in [1.165, 1.54) is 0 Å². The maximum absolute atomic E-state index is 9.19. The molecule has 1 aromatic rings. The van der Waals surface area contributed by atoms with Crippen LogP contribution >= 0.6 is 0 Å². The fourth-order valence-electron chi connectivity index (χ4n) is 0.943. The zero-order valence-corrected chi connectivity index (χ0v) is 7.60. The number of ether oxygens (including phenoxy) is 1. The molecule has 0 radical (unpaired) electrons. The lowest BCUT2D eigenvalue weighted by Crippen LogP contribution is -2.16. The van der Waals surface area contributed by atoms with Crippen molar-refractivity contribution < 1.29 is 14.9 Å². The minimum atomic E-state index is -0.923. The predicted molar refractivity (Wildman–Crippen MR) is 49.5 cm³/mol. The van der Waals surface area contributed by atoms with Gasteiger partial charge in [0.15, 0.2) is 6.29 Å². The summed E-state index contributed by atoms with van der Waals surface area (Å²) < 4.78 is 5.11. The van der Waals surface area contributed by atoms with Gasteiger partial charge in [-0.3, -0.25) is 0 Å². The number of aryl methyl sites for hydroxylation is 1. The molecule has 0 aromatic heterocycles. The summed E-state index contributed by atoms with van der Waals surface area (Å²) in [6, 6.07) is 7.38. The molecule has 2 N–H and O–H groups in total. The van der Waals surface area contributed by atoms with Gasteiger partial charge >= 0.3 is 0 Å². The molecule has 13 heavy (non-hydrogen) atoms. The molecule has 1 unspecified atom stereocenters. The Kier molecular flexibility index (Phi) is 3.73. The van der Waals surface area contributed by atoms with Crippen LogP contribution in [0.15, 0.2) is 24.3 Å². The molecule has 0 amide bonds. The monoisotopic (exact) mass is 182 g/mol. The largest absolute Gasteiger partial charge is 0.465 e. The third-order valence-electron chi connectivity index (χ3n) is 1.67. The lowest BCUT2D eigenvalue weighted by Gasteiger charge is -2.11. The van der Waals surface area contributed by atoms with E-state index in [0.717, 1.165) is 5.56 Å². The summed E-state index contributed by atoms with van der Waals surface area (Å²) in [5, 5.41) is 17.7. The first kappa shape index (κ1) is 10.0. The first-order valence-corrected chi connectivity index (χ1v) is 4.24. The summed E-state index contributed by atoms with van der Waals surface area (Å²) in [4.78, 5) is 0. The van der Waals surface area contributed by atoms with Crippen LogP contribution in [0.3, 0.4) is 0 Å². The highest BCUT2D eigenvalue weighted by Gasteiger charge is 2.03. The van der Waals surface area contributed by atoms with Gasteiger partial charge in [-0.1, -0.05) is 17.7 Å². The number of aliphatic hydroxyl groups is 2. The van der Waals surface area contributed by atoms with Gasteiger partial charge in [0.1, 0.15) is 5.75 Å². The van der Waals surface area contributed by atoms with E-state index in [1.54, 1.807) is 12.1 Å². The zero-order valence-electron chi connectivity index (χ0n) is 7.60. The summed E-state index contributed by atoms with van der Waals surface area (Å²) >= 11 is 0. The van der Waals surface area contributed by atoms with Crippen molar-refractivity contribution in [2.45, 2.75) is 19.6 Å². The molecule has 1 aromatic carbocycles. The van der Waals surface area contributed by atoms with Crippen LogP contribution in [0.2, 0.25) is 0 Å². The van der Waals surface area contributed by atoms with Gasteiger partial charge in [-0.25, -0.2) is 0 Å². The van der Waals surface area contributed by atoms with Gasteiger partial charge in [-0.05, 0) is 19.1 Å². The highest BCUT2D eigenvalue weighted by molar-refractivity contribution is 5.26. The summed E-state index contributed by atoms with van der Waals surface area (Å²) in [6.45, 7) is 1.90. The molecular weight excluding hydrogens is 168 g/mol. The van der Waals surface area contributed by atoms with Crippen LogP contribution in [-0.2, 0) is 0 Å². The topological polar surface area (TPSA) is 49.7 Å². The standard InChI is InChI=1S/C10H14O3/c1-8-2-4-9(5-3-8)13-10(12)6-7-11/h2-5,10-12H,6-7H2,1H3. The van der Waals surface area contributed by atoms with E-state index in [1.807, 2.05) is 19.1 Å². The average Bonchev–Trinajstić information content (AvgIpc) is 2.09. The molecule has 3 heteroatoms. The number of benzene rings is 1. The minimum Gasteiger partial charge on any atom is -0.465 e. The summed E-state index contributed by atoms with van der Waals surface area (Å²) in [5.74, 6) is 0.617. The van der Waals surface area contributed by atoms with E-state index in [-0.39, 0.29) is 13.0 Å². The molecule has 0 saturated carbocycles. The Morgan fingerprint density at radius 1 is 1.31 bits per heavy atom. The molecular formula is C10H14O3. The lowest BCUT2D eigenvalue weighted by molar-refractivity contribution is -0.0327. The van der Waals surface area contributed by atoms with Crippen LogP contribution < -0.4 is 4.74 Å². The molecule has 0 spiro atoms. The Balaban J connectivity index is 2.49. The van der Waals surface area contributed by atoms with E-state index >= 15 is 0 Å². The van der Waals surface area contributed by atoms with Crippen molar-refractivity contribution in [2.24, 2.45) is 0 Å². The number of aliphatic hydroxyl groups excluding tert-OH is 2. The van der Waals surface area contributed by atoms with Crippen LogP contribution in [0.5, 0.6) is 5.75 Å². The van der Waals surface area contributed by atoms with E-state index in [4.69, 9.17) is 9.84 Å². The van der Waals surface area contributed by atoms with Gasteiger partial charge in [0, 0.05) is 13.0 Å². The lowest BCUT2D eigenvalue weighted by atomic mass is 10.2. The molecule has 0 saturated heterocycles. The van der Waals surface area contributed by atoms with Crippen molar-refractivity contribution in [1.82, 2.24) is 0 Å². The molecule has 0 aliphatic rings. The Labute approximate surface area is 77.6 Å². The highest BCUT2D eigenvalue weighted by atomic mass is 16.6. The van der Waals surface area contributed by atoms with Gasteiger partial charge in [0.2, 0.25) is 0 Å². The maximum atomic E-state index is 9.19. The van der Waals surface area contributed by atoms with Crippen molar-refractivity contribution in [3.8, 4) is 5.75 Å². The quantitative estimate of drug-likeness (QED) is 0.685. The second-order valence-corrected chi connectivity index (χ2v) is 2.90. The highest BCUT2D eigenvalue weighted by Crippen LogP contribution is 2.13. The van der Waals surface area contributed by atoms with Crippen molar-refractivity contribution in [3.05, 3.63) is 29.8 Å². The van der Waals surface area contributed by atoms with Crippen LogP contribution in [0.1, 0.15) is 12.0 Å². The molecule has 1 atom stereocenters. The normalized spacial score (nSPS) is 12.5. The van der Waals surface area contributed by atoms with Gasteiger partial charge in [-0.15, -0.1) is 0 Å². The first-order valence-electron chi connectivity index (χ1n) is 4.24. The average molecular weight is 182 g/mol. The SMILES string of the molecule is Cc1ccc(OC(O)CCO)cc1. The van der Waals surface area contributed by atoms with Gasteiger partial charge in [0.25, 0.3) is 0 Å². The third kappa shape index (κ3) is 3.44. The summed E-state index contributed by atoms with van der Waals surface area (Å²) in [7, 11) is 0. The van der Waals surface area contributed by atoms with Crippen LogP contribution in [0, 0.1) is 6.92 Å². The number of hydrogen-bond donors (Lipinski definition) is 2. The Morgan fingerprint density at radius 3 is 2.46 bits per heavy atom. The summed E-state index contributed by atoms with van der Waals surface area (Å²) in [6.07, 6.45) is -0.693. The Morgan fingerprint density at radius 2 is 1.92 bits per heavy atom. The molecule has 0 aliphatic heterocycles. The van der Waals surface area contributed by atoms with Crippen molar-refractivity contribution in [2.75, 3.05) is 6.61 Å². The fourth-order valence-corrected chi connectivity index (χ4v) is 0.943. The van der Waals surface area contributed by atoms with Crippen molar-refractivity contribution in [3.63, 3.8) is 0 Å². The molecule has 0 fully saturated rings. The van der Waals surface area contributed by atoms with E-state index in [9.17, 15) is 5.11 Å². The molecule has 72 valence electrons. The van der Waals surface area contributed by atoms with Gasteiger partial charge in [0.05, 0.1) is 0 Å². The van der Waals surface area contributed by atoms with Crippen molar-refractivity contribution >= 4 is 0 Å². The van der Waals surface area contributed by atoms with E-state index in [2.05, 4.69) is 0 Å². The van der Waals surface area contributed by atoms with E-state index < -0.39 is 6.29 Å². The summed E-state index contributed by atoms with van der Waals surface area (Å²) in [5.41, 5.74) is 1.14.